The van der Waals surface area contributed by atoms with E-state index in [9.17, 15) is 9.59 Å². The normalized spacial score (nSPS) is 11.8. The molecule has 0 saturated heterocycles. The highest BCUT2D eigenvalue weighted by Gasteiger charge is 2.26. The van der Waals surface area contributed by atoms with Crippen molar-refractivity contribution >= 4 is 46.3 Å². The zero-order chi connectivity index (χ0) is 22.0. The van der Waals surface area contributed by atoms with Gasteiger partial charge in [-0.05, 0) is 35.9 Å². The molecule has 0 radical (unpaired) electrons. The van der Waals surface area contributed by atoms with Crippen molar-refractivity contribution in [2.45, 2.75) is 6.54 Å². The number of nitrogens with one attached hydrogen (secondary N) is 3. The summed E-state index contributed by atoms with van der Waals surface area (Å²) in [7, 11) is 2.83. The van der Waals surface area contributed by atoms with E-state index in [1.54, 1.807) is 18.2 Å². The van der Waals surface area contributed by atoms with Crippen molar-refractivity contribution in [1.29, 1.82) is 0 Å². The molecule has 31 heavy (non-hydrogen) atoms. The van der Waals surface area contributed by atoms with Gasteiger partial charge in [0.25, 0.3) is 0 Å². The number of anilines is 2. The average molecular weight is 443 g/mol. The number of halogens is 1. The lowest BCUT2D eigenvalue weighted by atomic mass is 10.2. The predicted octanol–water partition coefficient (Wildman–Crippen LogP) is 3.11. The molecule has 3 aromatic rings. The average Bonchev–Trinajstić information content (AvgIpc) is 3.25. The Labute approximate surface area is 182 Å². The van der Waals surface area contributed by atoms with Crippen LogP contribution in [-0.2, 0) is 6.54 Å². The van der Waals surface area contributed by atoms with Gasteiger partial charge in [0.15, 0.2) is 11.5 Å². The van der Waals surface area contributed by atoms with Crippen LogP contribution >= 0.6 is 11.6 Å². The van der Waals surface area contributed by atoms with E-state index in [1.165, 1.54) is 14.1 Å². The number of carbonyl (C=O) groups excluding carboxylic acids is 2. The van der Waals surface area contributed by atoms with Crippen LogP contribution in [0.25, 0.3) is 10.9 Å². The first kappa shape index (κ1) is 20.5. The number of imide groups is 1. The SMILES string of the molecule is CNC(=O)N(C(=O)NC)c1nc(NCc2ccc3c(c2)OCO3)c2cc(Cl)ccc2n1. The summed E-state index contributed by atoms with van der Waals surface area (Å²) in [5, 5.41) is 9.22. The van der Waals surface area contributed by atoms with Crippen molar-refractivity contribution in [3.05, 3.63) is 47.0 Å². The molecule has 160 valence electrons. The number of hydrogen-bond donors (Lipinski definition) is 3. The third kappa shape index (κ3) is 4.10. The Morgan fingerprint density at radius 3 is 2.52 bits per heavy atom. The van der Waals surface area contributed by atoms with E-state index in [-0.39, 0.29) is 12.7 Å². The summed E-state index contributed by atoms with van der Waals surface area (Å²) in [5.74, 6) is 1.69. The minimum atomic E-state index is -0.672. The summed E-state index contributed by atoms with van der Waals surface area (Å²) in [4.78, 5) is 34.2. The van der Waals surface area contributed by atoms with E-state index < -0.39 is 12.1 Å². The predicted molar refractivity (Wildman–Crippen MR) is 116 cm³/mol. The zero-order valence-electron chi connectivity index (χ0n) is 16.7. The number of ether oxygens (including phenoxy) is 2. The van der Waals surface area contributed by atoms with Gasteiger partial charge in [0.05, 0.1) is 5.52 Å². The second-order valence-corrected chi connectivity index (χ2v) is 6.96. The van der Waals surface area contributed by atoms with Crippen LogP contribution in [0.4, 0.5) is 21.4 Å². The lowest BCUT2D eigenvalue weighted by Gasteiger charge is -2.19. The molecule has 3 N–H and O–H groups in total. The van der Waals surface area contributed by atoms with Gasteiger partial charge in [0.2, 0.25) is 12.7 Å². The van der Waals surface area contributed by atoms with Gasteiger partial charge in [-0.3, -0.25) is 0 Å². The van der Waals surface area contributed by atoms with Crippen LogP contribution in [0, 0.1) is 0 Å². The highest BCUT2D eigenvalue weighted by molar-refractivity contribution is 6.31. The number of carbonyl (C=O) groups is 2. The Balaban J connectivity index is 1.72. The van der Waals surface area contributed by atoms with E-state index in [4.69, 9.17) is 21.1 Å². The summed E-state index contributed by atoms with van der Waals surface area (Å²) in [6.07, 6.45) is 0. The lowest BCUT2D eigenvalue weighted by molar-refractivity contribution is 0.174. The maximum Gasteiger partial charge on any atom is 0.332 e. The fourth-order valence-electron chi connectivity index (χ4n) is 3.06. The molecule has 10 nitrogen and oxygen atoms in total. The maximum atomic E-state index is 12.3. The standard InChI is InChI=1S/C20H19ClN6O4/c1-22-19(28)27(20(29)23-2)18-25-14-5-4-12(21)8-13(14)17(26-18)24-9-11-3-6-15-16(7-11)31-10-30-15/h3-8H,9-10H2,1-2H3,(H,22,28)(H,23,29)(H,24,25,26). The summed E-state index contributed by atoms with van der Waals surface area (Å²) in [6, 6.07) is 9.34. The Morgan fingerprint density at radius 1 is 1.03 bits per heavy atom. The third-order valence-electron chi connectivity index (χ3n) is 4.58. The number of hydrogen-bond acceptors (Lipinski definition) is 7. The van der Waals surface area contributed by atoms with Gasteiger partial charge in [0, 0.05) is 31.0 Å². The van der Waals surface area contributed by atoms with E-state index in [1.807, 2.05) is 18.2 Å². The number of nitrogens with zero attached hydrogens (tertiary/aromatic N) is 3. The molecule has 4 rings (SSSR count). The molecular formula is C20H19ClN6O4. The lowest BCUT2D eigenvalue weighted by Crippen LogP contribution is -2.47. The van der Waals surface area contributed by atoms with E-state index in [0.29, 0.717) is 39.8 Å². The molecule has 0 fully saturated rings. The molecular weight excluding hydrogens is 424 g/mol. The van der Waals surface area contributed by atoms with Crippen molar-refractivity contribution in [2.24, 2.45) is 0 Å². The van der Waals surface area contributed by atoms with Gasteiger partial charge in [-0.15, -0.1) is 0 Å². The number of urea groups is 2. The fourth-order valence-corrected chi connectivity index (χ4v) is 3.23. The zero-order valence-corrected chi connectivity index (χ0v) is 17.5. The Bertz CT molecular complexity index is 1160. The van der Waals surface area contributed by atoms with Gasteiger partial charge in [-0.1, -0.05) is 17.7 Å². The van der Waals surface area contributed by atoms with Gasteiger partial charge in [-0.25, -0.2) is 14.6 Å². The third-order valence-corrected chi connectivity index (χ3v) is 4.81. The number of benzene rings is 2. The van der Waals surface area contributed by atoms with Gasteiger partial charge in [0.1, 0.15) is 5.82 Å². The molecule has 0 atom stereocenters. The number of rotatable bonds is 4. The van der Waals surface area contributed by atoms with Gasteiger partial charge < -0.3 is 25.4 Å². The van der Waals surface area contributed by atoms with Crippen LogP contribution in [0.1, 0.15) is 5.56 Å². The first-order valence-electron chi connectivity index (χ1n) is 9.33. The number of fused-ring (bicyclic) bond motifs is 2. The van der Waals surface area contributed by atoms with Crippen LogP contribution in [0.5, 0.6) is 11.5 Å². The van der Waals surface area contributed by atoms with E-state index in [0.717, 1.165) is 10.5 Å². The topological polar surface area (TPSA) is 118 Å². The Hall–Kier alpha value is -3.79. The smallest absolute Gasteiger partial charge is 0.332 e. The molecule has 1 aromatic heterocycles. The minimum absolute atomic E-state index is 0.0818. The molecule has 11 heteroatoms. The summed E-state index contributed by atoms with van der Waals surface area (Å²) in [6.45, 7) is 0.591. The molecule has 0 saturated carbocycles. The van der Waals surface area contributed by atoms with Crippen molar-refractivity contribution < 1.29 is 19.1 Å². The molecule has 1 aliphatic rings. The second-order valence-electron chi connectivity index (χ2n) is 6.52. The van der Waals surface area contributed by atoms with Crippen molar-refractivity contribution in [3.8, 4) is 11.5 Å². The second kappa shape index (κ2) is 8.52. The van der Waals surface area contributed by atoms with Crippen LogP contribution in [0.2, 0.25) is 5.02 Å². The molecule has 0 bridgehead atoms. The maximum absolute atomic E-state index is 12.3. The molecule has 2 heterocycles. The summed E-state index contributed by atoms with van der Waals surface area (Å²) >= 11 is 6.17. The van der Waals surface area contributed by atoms with Crippen LogP contribution < -0.4 is 30.3 Å². The highest BCUT2D eigenvalue weighted by Crippen LogP contribution is 2.33. The highest BCUT2D eigenvalue weighted by atomic mass is 35.5. The van der Waals surface area contributed by atoms with Crippen LogP contribution in [0.3, 0.4) is 0 Å². The van der Waals surface area contributed by atoms with Crippen molar-refractivity contribution in [1.82, 2.24) is 20.6 Å². The molecule has 0 unspecified atom stereocenters. The van der Waals surface area contributed by atoms with Crippen molar-refractivity contribution in [2.75, 3.05) is 31.1 Å². The molecule has 2 aromatic carbocycles. The fraction of sp³-hybridized carbons (Fsp3) is 0.200. The van der Waals surface area contributed by atoms with E-state index >= 15 is 0 Å². The molecule has 0 aliphatic carbocycles. The Morgan fingerprint density at radius 2 is 1.77 bits per heavy atom. The van der Waals surface area contributed by atoms with Gasteiger partial charge >= 0.3 is 12.1 Å². The molecule has 0 spiro atoms. The molecule has 4 amide bonds. The number of aromatic nitrogens is 2. The quantitative estimate of drug-likeness (QED) is 0.568. The van der Waals surface area contributed by atoms with Gasteiger partial charge in [-0.2, -0.15) is 9.88 Å². The van der Waals surface area contributed by atoms with Crippen molar-refractivity contribution in [3.63, 3.8) is 0 Å². The monoisotopic (exact) mass is 442 g/mol. The summed E-state index contributed by atoms with van der Waals surface area (Å²) < 4.78 is 10.8. The van der Waals surface area contributed by atoms with Crippen LogP contribution in [0.15, 0.2) is 36.4 Å². The first-order chi connectivity index (χ1) is 15.0. The number of amides is 4. The van der Waals surface area contributed by atoms with Crippen LogP contribution in [-0.4, -0.2) is 42.9 Å². The first-order valence-corrected chi connectivity index (χ1v) is 9.71. The minimum Gasteiger partial charge on any atom is -0.454 e. The Kier molecular flexibility index (Phi) is 5.63. The molecule has 1 aliphatic heterocycles. The summed E-state index contributed by atoms with van der Waals surface area (Å²) in [5.41, 5.74) is 1.44. The van der Waals surface area contributed by atoms with E-state index in [2.05, 4.69) is 25.9 Å². The largest absolute Gasteiger partial charge is 0.454 e.